The van der Waals surface area contributed by atoms with E-state index in [0.29, 0.717) is 18.0 Å². The minimum Gasteiger partial charge on any atom is -0.330 e. The lowest BCUT2D eigenvalue weighted by molar-refractivity contribution is 0.334. The number of likely N-dealkylation sites (tertiary alicyclic amines) is 1. The molecular formula is C15H25N3O2S. The molecule has 2 rings (SSSR count). The van der Waals surface area contributed by atoms with Crippen LogP contribution in [0.15, 0.2) is 29.2 Å². The summed E-state index contributed by atoms with van der Waals surface area (Å²) >= 11 is 0. The Kier molecular flexibility index (Phi) is 6.17. The van der Waals surface area contributed by atoms with E-state index < -0.39 is 10.0 Å². The van der Waals surface area contributed by atoms with E-state index in [9.17, 15) is 8.42 Å². The number of rotatable bonds is 8. The highest BCUT2D eigenvalue weighted by Crippen LogP contribution is 2.11. The molecule has 0 aliphatic carbocycles. The Labute approximate surface area is 127 Å². The van der Waals surface area contributed by atoms with Gasteiger partial charge in [-0.3, -0.25) is 0 Å². The van der Waals surface area contributed by atoms with Crippen molar-refractivity contribution < 1.29 is 8.42 Å². The van der Waals surface area contributed by atoms with Crippen molar-refractivity contribution in [3.05, 3.63) is 29.8 Å². The molecule has 1 fully saturated rings. The monoisotopic (exact) mass is 311 g/mol. The molecule has 0 saturated carbocycles. The fourth-order valence-electron chi connectivity index (χ4n) is 2.60. The van der Waals surface area contributed by atoms with E-state index >= 15 is 0 Å². The van der Waals surface area contributed by atoms with Crippen molar-refractivity contribution in [2.75, 3.05) is 32.7 Å². The van der Waals surface area contributed by atoms with Crippen LogP contribution in [0.2, 0.25) is 0 Å². The molecule has 0 bridgehead atoms. The quantitative estimate of drug-likeness (QED) is 0.701. The highest BCUT2D eigenvalue weighted by Gasteiger charge is 2.14. The van der Waals surface area contributed by atoms with Crippen LogP contribution in [0.1, 0.15) is 24.8 Å². The van der Waals surface area contributed by atoms with Crippen LogP contribution in [-0.2, 0) is 16.4 Å². The average molecular weight is 311 g/mol. The molecule has 0 radical (unpaired) electrons. The zero-order chi connectivity index (χ0) is 15.1. The topological polar surface area (TPSA) is 75.4 Å². The van der Waals surface area contributed by atoms with E-state index in [-0.39, 0.29) is 0 Å². The van der Waals surface area contributed by atoms with Crippen molar-refractivity contribution in [1.29, 1.82) is 0 Å². The molecule has 0 aromatic heterocycles. The maximum absolute atomic E-state index is 12.1. The van der Waals surface area contributed by atoms with Gasteiger partial charge in [0.15, 0.2) is 0 Å². The Morgan fingerprint density at radius 2 is 1.81 bits per heavy atom. The van der Waals surface area contributed by atoms with Gasteiger partial charge in [0.25, 0.3) is 0 Å². The standard InChI is InChI=1S/C15H25N3O2S/c16-9-8-14-4-6-15(7-5-14)21(19,20)17-10-3-13-18-11-1-2-12-18/h4-7,17H,1-3,8-13,16H2. The van der Waals surface area contributed by atoms with Gasteiger partial charge in [0, 0.05) is 6.54 Å². The number of nitrogens with one attached hydrogen (secondary N) is 1. The second kappa shape index (κ2) is 7.89. The van der Waals surface area contributed by atoms with Gasteiger partial charge in [-0.25, -0.2) is 13.1 Å². The SMILES string of the molecule is NCCc1ccc(S(=O)(=O)NCCCN2CCCC2)cc1. The summed E-state index contributed by atoms with van der Waals surface area (Å²) in [4.78, 5) is 2.71. The minimum absolute atomic E-state index is 0.324. The number of hydrogen-bond acceptors (Lipinski definition) is 4. The minimum atomic E-state index is -3.39. The zero-order valence-corrected chi connectivity index (χ0v) is 13.2. The first-order chi connectivity index (χ1) is 10.1. The molecule has 0 atom stereocenters. The largest absolute Gasteiger partial charge is 0.330 e. The summed E-state index contributed by atoms with van der Waals surface area (Å²) in [5, 5.41) is 0. The van der Waals surface area contributed by atoms with Crippen LogP contribution in [0.4, 0.5) is 0 Å². The number of sulfonamides is 1. The van der Waals surface area contributed by atoms with Crippen molar-refractivity contribution in [2.24, 2.45) is 5.73 Å². The van der Waals surface area contributed by atoms with Crippen LogP contribution in [0.5, 0.6) is 0 Å². The van der Waals surface area contributed by atoms with Crippen LogP contribution in [0.25, 0.3) is 0 Å². The van der Waals surface area contributed by atoms with Crippen LogP contribution < -0.4 is 10.5 Å². The summed E-state index contributed by atoms with van der Waals surface area (Å²) < 4.78 is 27.0. The second-order valence-electron chi connectivity index (χ2n) is 5.48. The Hall–Kier alpha value is -0.950. The Morgan fingerprint density at radius 1 is 1.14 bits per heavy atom. The molecule has 5 nitrogen and oxygen atoms in total. The van der Waals surface area contributed by atoms with Gasteiger partial charge >= 0.3 is 0 Å². The van der Waals surface area contributed by atoms with E-state index in [4.69, 9.17) is 5.73 Å². The highest BCUT2D eigenvalue weighted by atomic mass is 32.2. The molecule has 1 aliphatic rings. The van der Waals surface area contributed by atoms with Gasteiger partial charge in [-0.15, -0.1) is 0 Å². The smallest absolute Gasteiger partial charge is 0.240 e. The first kappa shape index (κ1) is 16.4. The van der Waals surface area contributed by atoms with Crippen LogP contribution in [0.3, 0.4) is 0 Å². The molecule has 21 heavy (non-hydrogen) atoms. The first-order valence-electron chi connectivity index (χ1n) is 7.63. The van der Waals surface area contributed by atoms with E-state index in [0.717, 1.165) is 38.0 Å². The molecular weight excluding hydrogens is 286 g/mol. The summed E-state index contributed by atoms with van der Waals surface area (Å²) in [6.45, 7) is 4.33. The fourth-order valence-corrected chi connectivity index (χ4v) is 3.67. The van der Waals surface area contributed by atoms with Gasteiger partial charge in [0.05, 0.1) is 4.90 Å². The molecule has 0 unspecified atom stereocenters. The van der Waals surface area contributed by atoms with Gasteiger partial charge in [-0.05, 0) is 69.6 Å². The molecule has 0 spiro atoms. The Morgan fingerprint density at radius 3 is 2.43 bits per heavy atom. The lowest BCUT2D eigenvalue weighted by Crippen LogP contribution is -2.28. The van der Waals surface area contributed by atoms with Gasteiger partial charge in [0.2, 0.25) is 10.0 Å². The lowest BCUT2D eigenvalue weighted by Gasteiger charge is -2.14. The summed E-state index contributed by atoms with van der Waals surface area (Å²) in [5.74, 6) is 0. The average Bonchev–Trinajstić information content (AvgIpc) is 2.98. The molecule has 1 aromatic rings. The normalized spacial score (nSPS) is 16.4. The molecule has 1 saturated heterocycles. The predicted octanol–water partition coefficient (Wildman–Crippen LogP) is 0.952. The van der Waals surface area contributed by atoms with Gasteiger partial charge in [-0.2, -0.15) is 0 Å². The van der Waals surface area contributed by atoms with Crippen LogP contribution >= 0.6 is 0 Å². The van der Waals surface area contributed by atoms with Crippen molar-refractivity contribution >= 4 is 10.0 Å². The van der Waals surface area contributed by atoms with Crippen LogP contribution in [0, 0.1) is 0 Å². The first-order valence-corrected chi connectivity index (χ1v) is 9.11. The van der Waals surface area contributed by atoms with E-state index in [2.05, 4.69) is 9.62 Å². The van der Waals surface area contributed by atoms with E-state index in [1.165, 1.54) is 12.8 Å². The lowest BCUT2D eigenvalue weighted by atomic mass is 10.2. The summed E-state index contributed by atoms with van der Waals surface area (Å²) in [7, 11) is -3.39. The summed E-state index contributed by atoms with van der Waals surface area (Å²) in [6, 6.07) is 6.94. The molecule has 118 valence electrons. The van der Waals surface area contributed by atoms with E-state index in [1.54, 1.807) is 12.1 Å². The van der Waals surface area contributed by atoms with Crippen molar-refractivity contribution in [3.8, 4) is 0 Å². The second-order valence-corrected chi connectivity index (χ2v) is 7.25. The number of nitrogens with two attached hydrogens (primary N) is 1. The third kappa shape index (κ3) is 5.07. The number of benzene rings is 1. The molecule has 1 aliphatic heterocycles. The van der Waals surface area contributed by atoms with Crippen molar-refractivity contribution in [2.45, 2.75) is 30.6 Å². The maximum Gasteiger partial charge on any atom is 0.240 e. The molecule has 6 heteroatoms. The van der Waals surface area contributed by atoms with Gasteiger partial charge < -0.3 is 10.6 Å². The zero-order valence-electron chi connectivity index (χ0n) is 12.4. The molecule has 1 heterocycles. The summed E-state index contributed by atoms with van der Waals surface area (Å²) in [6.07, 6.45) is 4.15. The van der Waals surface area contributed by atoms with E-state index in [1.807, 2.05) is 12.1 Å². The molecule has 1 aromatic carbocycles. The highest BCUT2D eigenvalue weighted by molar-refractivity contribution is 7.89. The van der Waals surface area contributed by atoms with Crippen molar-refractivity contribution in [1.82, 2.24) is 9.62 Å². The Bertz CT molecular complexity index is 522. The van der Waals surface area contributed by atoms with Crippen LogP contribution in [-0.4, -0.2) is 46.0 Å². The third-order valence-corrected chi connectivity index (χ3v) is 5.29. The van der Waals surface area contributed by atoms with Gasteiger partial charge in [0.1, 0.15) is 0 Å². The third-order valence-electron chi connectivity index (χ3n) is 3.81. The molecule has 0 amide bonds. The van der Waals surface area contributed by atoms with Gasteiger partial charge in [-0.1, -0.05) is 12.1 Å². The summed E-state index contributed by atoms with van der Waals surface area (Å²) in [5.41, 5.74) is 6.54. The fraction of sp³-hybridized carbons (Fsp3) is 0.600. The predicted molar refractivity (Wildman–Crippen MR) is 84.7 cm³/mol. The number of nitrogens with zero attached hydrogens (tertiary/aromatic N) is 1. The molecule has 3 N–H and O–H groups in total. The Balaban J connectivity index is 1.80. The van der Waals surface area contributed by atoms with Crippen molar-refractivity contribution in [3.63, 3.8) is 0 Å². The number of hydrogen-bond donors (Lipinski definition) is 2. The maximum atomic E-state index is 12.1.